The summed E-state index contributed by atoms with van der Waals surface area (Å²) in [5.74, 6) is -0.605. The Morgan fingerprint density at radius 3 is 0.731 bits per heavy atom. The van der Waals surface area contributed by atoms with Gasteiger partial charge in [-0.2, -0.15) is 0 Å². The molecule has 0 aliphatic carbocycles. The molecule has 552 valence electrons. The average Bonchev–Trinajstić information content (AvgIpc) is 2.75. The molecule has 0 aliphatic rings. The first-order valence-electron chi connectivity index (χ1n) is 38.5. The molecule has 5 atom stereocenters. The van der Waals surface area contributed by atoms with Crippen LogP contribution in [0.2, 0.25) is 0 Å². The fraction of sp³-hybridized carbons (Fsp3) is 0.946. The zero-order valence-electron chi connectivity index (χ0n) is 60.6. The number of hydrogen-bond donors (Lipinski definition) is 3. The molecule has 0 spiro atoms. The summed E-state index contributed by atoms with van der Waals surface area (Å²) in [7, 11) is -9.90. The zero-order chi connectivity index (χ0) is 68.6. The van der Waals surface area contributed by atoms with Gasteiger partial charge in [0.2, 0.25) is 0 Å². The van der Waals surface area contributed by atoms with Crippen LogP contribution in [0, 0.1) is 11.8 Å². The highest BCUT2D eigenvalue weighted by molar-refractivity contribution is 7.47. The van der Waals surface area contributed by atoms with Gasteiger partial charge in [-0.3, -0.25) is 37.3 Å². The largest absolute Gasteiger partial charge is 0.472 e. The summed E-state index contributed by atoms with van der Waals surface area (Å²) in [5.41, 5.74) is 0. The molecule has 2 unspecified atom stereocenters. The van der Waals surface area contributed by atoms with Gasteiger partial charge in [0.15, 0.2) is 12.2 Å². The Bertz CT molecular complexity index is 1800. The molecule has 0 amide bonds. The summed E-state index contributed by atoms with van der Waals surface area (Å²) >= 11 is 0. The van der Waals surface area contributed by atoms with E-state index in [2.05, 4.69) is 41.5 Å². The van der Waals surface area contributed by atoms with E-state index >= 15 is 0 Å². The number of rotatable bonds is 73. The summed E-state index contributed by atoms with van der Waals surface area (Å²) in [4.78, 5) is 72.6. The number of unbranched alkanes of at least 4 members (excludes halogenated alkanes) is 43. The van der Waals surface area contributed by atoms with Crippen LogP contribution in [-0.2, 0) is 65.4 Å². The van der Waals surface area contributed by atoms with Crippen LogP contribution < -0.4 is 0 Å². The van der Waals surface area contributed by atoms with E-state index in [1.807, 2.05) is 0 Å². The summed E-state index contributed by atoms with van der Waals surface area (Å²) < 4.78 is 68.3. The molecule has 0 radical (unpaired) electrons. The van der Waals surface area contributed by atoms with Gasteiger partial charge in [0, 0.05) is 25.7 Å². The van der Waals surface area contributed by atoms with E-state index in [0.717, 1.165) is 115 Å². The Kier molecular flexibility index (Phi) is 64.6. The number of ether oxygens (including phenoxy) is 4. The van der Waals surface area contributed by atoms with Crippen molar-refractivity contribution in [1.29, 1.82) is 0 Å². The summed E-state index contributed by atoms with van der Waals surface area (Å²) in [5, 5.41) is 10.6. The fourth-order valence-corrected chi connectivity index (χ4v) is 12.9. The summed E-state index contributed by atoms with van der Waals surface area (Å²) in [6, 6.07) is 0. The average molecular weight is 1370 g/mol. The number of phosphoric acid groups is 2. The van der Waals surface area contributed by atoms with Crippen molar-refractivity contribution in [3.05, 3.63) is 0 Å². The lowest BCUT2D eigenvalue weighted by atomic mass is 10.0. The Labute approximate surface area is 568 Å². The van der Waals surface area contributed by atoms with Gasteiger partial charge in [0.25, 0.3) is 0 Å². The molecule has 0 aliphatic heterocycles. The number of aliphatic hydroxyl groups is 1. The highest BCUT2D eigenvalue weighted by atomic mass is 31.2. The van der Waals surface area contributed by atoms with Gasteiger partial charge < -0.3 is 33.8 Å². The molecule has 17 nitrogen and oxygen atoms in total. The third-order valence-electron chi connectivity index (χ3n) is 17.2. The van der Waals surface area contributed by atoms with E-state index in [0.29, 0.717) is 25.7 Å². The van der Waals surface area contributed by atoms with Crippen LogP contribution in [0.4, 0.5) is 0 Å². The van der Waals surface area contributed by atoms with E-state index in [1.165, 1.54) is 186 Å². The molecule has 0 fully saturated rings. The monoisotopic (exact) mass is 1370 g/mol. The van der Waals surface area contributed by atoms with Gasteiger partial charge in [-0.15, -0.1) is 0 Å². The summed E-state index contributed by atoms with van der Waals surface area (Å²) in [6.07, 6.45) is 52.9. The van der Waals surface area contributed by atoms with Crippen LogP contribution in [0.3, 0.4) is 0 Å². The highest BCUT2D eigenvalue weighted by Gasteiger charge is 2.30. The predicted octanol–water partition coefficient (Wildman–Crippen LogP) is 21.6. The van der Waals surface area contributed by atoms with Crippen molar-refractivity contribution in [3.8, 4) is 0 Å². The van der Waals surface area contributed by atoms with Crippen molar-refractivity contribution in [3.63, 3.8) is 0 Å². The van der Waals surface area contributed by atoms with Gasteiger partial charge in [0.1, 0.15) is 19.3 Å². The number of aliphatic hydroxyl groups excluding tert-OH is 1. The molecule has 0 aromatic rings. The lowest BCUT2D eigenvalue weighted by Gasteiger charge is -2.21. The topological polar surface area (TPSA) is 237 Å². The van der Waals surface area contributed by atoms with E-state index < -0.39 is 97.5 Å². The SMILES string of the molecule is CCCCCCCCCCCCCCCCCCCCCC(=O)O[C@H](COC(=O)CCCCCCCCCCCCCCC(C)C)COP(=O)(O)OC[C@@H](O)COP(=O)(O)OC[C@@H](COC(=O)CCCCCCCCC)OC(=O)CCCCCCCCCCCC(C)C. The van der Waals surface area contributed by atoms with Crippen molar-refractivity contribution in [2.75, 3.05) is 39.6 Å². The number of phosphoric ester groups is 2. The Hall–Kier alpha value is -1.94. The van der Waals surface area contributed by atoms with Crippen LogP contribution in [0.25, 0.3) is 0 Å². The Morgan fingerprint density at radius 2 is 0.495 bits per heavy atom. The minimum absolute atomic E-state index is 0.105. The second-order valence-corrected chi connectivity index (χ2v) is 30.5. The van der Waals surface area contributed by atoms with Gasteiger partial charge in [-0.1, -0.05) is 330 Å². The van der Waals surface area contributed by atoms with Gasteiger partial charge in [-0.25, -0.2) is 9.13 Å². The van der Waals surface area contributed by atoms with Crippen LogP contribution in [-0.4, -0.2) is 96.7 Å². The quantitative estimate of drug-likeness (QED) is 0.0222. The van der Waals surface area contributed by atoms with Crippen LogP contribution in [0.5, 0.6) is 0 Å². The summed E-state index contributed by atoms with van der Waals surface area (Å²) in [6.45, 7) is 9.53. The van der Waals surface area contributed by atoms with Gasteiger partial charge >= 0.3 is 39.5 Å². The molecule has 0 aromatic carbocycles. The number of hydrogen-bond acceptors (Lipinski definition) is 15. The van der Waals surface area contributed by atoms with Gasteiger partial charge in [0.05, 0.1) is 26.4 Å². The minimum atomic E-state index is -4.95. The zero-order valence-corrected chi connectivity index (χ0v) is 62.3. The molecule has 93 heavy (non-hydrogen) atoms. The van der Waals surface area contributed by atoms with Crippen molar-refractivity contribution in [2.24, 2.45) is 11.8 Å². The van der Waals surface area contributed by atoms with Crippen molar-refractivity contribution < 1.29 is 80.2 Å². The third kappa shape index (κ3) is 68.4. The number of carbonyl (C=O) groups excluding carboxylic acids is 4. The maximum atomic E-state index is 13.1. The van der Waals surface area contributed by atoms with E-state index in [4.69, 9.17) is 37.0 Å². The van der Waals surface area contributed by atoms with E-state index in [9.17, 15) is 43.2 Å². The molecule has 0 bridgehead atoms. The molecule has 19 heteroatoms. The Balaban J connectivity index is 5.19. The number of carbonyl (C=O) groups is 4. The first-order valence-corrected chi connectivity index (χ1v) is 41.5. The predicted molar refractivity (Wildman–Crippen MR) is 377 cm³/mol. The lowest BCUT2D eigenvalue weighted by Crippen LogP contribution is -2.30. The first-order chi connectivity index (χ1) is 44.9. The van der Waals surface area contributed by atoms with E-state index in [-0.39, 0.29) is 25.7 Å². The molecule has 0 heterocycles. The van der Waals surface area contributed by atoms with Crippen LogP contribution in [0.15, 0.2) is 0 Å². The van der Waals surface area contributed by atoms with Crippen molar-refractivity contribution in [1.82, 2.24) is 0 Å². The molecule has 0 rings (SSSR count). The smallest absolute Gasteiger partial charge is 0.462 e. The van der Waals surface area contributed by atoms with Gasteiger partial charge in [-0.05, 0) is 37.5 Å². The fourth-order valence-electron chi connectivity index (χ4n) is 11.3. The first kappa shape index (κ1) is 91.1. The maximum Gasteiger partial charge on any atom is 0.472 e. The Morgan fingerprint density at radius 1 is 0.290 bits per heavy atom. The second-order valence-electron chi connectivity index (χ2n) is 27.6. The lowest BCUT2D eigenvalue weighted by molar-refractivity contribution is -0.161. The molecule has 0 saturated carbocycles. The maximum absolute atomic E-state index is 13.1. The van der Waals surface area contributed by atoms with Crippen LogP contribution >= 0.6 is 15.6 Å². The normalized spacial score (nSPS) is 14.1. The molecule has 3 N–H and O–H groups in total. The molecular formula is C74H144O17P2. The van der Waals surface area contributed by atoms with Crippen LogP contribution in [0.1, 0.15) is 382 Å². The van der Waals surface area contributed by atoms with E-state index in [1.54, 1.807) is 0 Å². The standard InChI is InChI=1S/C74H144O17P2/c1-7-9-11-13-15-16-17-18-19-20-21-22-23-24-29-34-40-46-52-58-73(78)91-70(63-85-72(77)57-51-45-39-33-28-26-25-27-31-37-42-48-54-66(3)4)65-89-93(82,83)87-61-68(75)60-86-92(80,81)88-64-69(62-84-71(76)56-50-44-36-14-12-10-8-2)90-74(79)59-53-47-41-35-30-32-38-43-49-55-67(5)6/h66-70,75H,7-65H2,1-6H3,(H,80,81)(H,82,83)/t68-,69+,70+/m0/s1. The third-order valence-corrected chi connectivity index (χ3v) is 19.1. The van der Waals surface area contributed by atoms with Crippen molar-refractivity contribution in [2.45, 2.75) is 400 Å². The van der Waals surface area contributed by atoms with Crippen molar-refractivity contribution >= 4 is 39.5 Å². The highest BCUT2D eigenvalue weighted by Crippen LogP contribution is 2.45. The number of esters is 4. The molecular weight excluding hydrogens is 1220 g/mol. The minimum Gasteiger partial charge on any atom is -0.462 e. The second kappa shape index (κ2) is 66.0. The molecule has 0 saturated heterocycles. The molecule has 0 aromatic heterocycles.